The summed E-state index contributed by atoms with van der Waals surface area (Å²) in [5, 5.41) is 13.2. The van der Waals surface area contributed by atoms with Gasteiger partial charge in [-0.05, 0) is 42.2 Å². The van der Waals surface area contributed by atoms with Crippen molar-refractivity contribution < 1.29 is 14.3 Å². The van der Waals surface area contributed by atoms with Crippen molar-refractivity contribution in [3.05, 3.63) is 64.3 Å². The zero-order valence-electron chi connectivity index (χ0n) is 15.4. The summed E-state index contributed by atoms with van der Waals surface area (Å²) in [4.78, 5) is 25.0. The summed E-state index contributed by atoms with van der Waals surface area (Å²) < 4.78 is 6.80. The molecule has 28 heavy (non-hydrogen) atoms. The molecule has 4 rings (SSSR count). The third-order valence-electron chi connectivity index (χ3n) is 4.50. The van der Waals surface area contributed by atoms with Crippen molar-refractivity contribution in [1.29, 1.82) is 0 Å². The number of anilines is 1. The second-order valence-corrected chi connectivity index (χ2v) is 7.51. The van der Waals surface area contributed by atoms with Gasteiger partial charge < -0.3 is 10.1 Å². The average Bonchev–Trinajstić information content (AvgIpc) is 3.29. The molecule has 2 heterocycles. The number of nitrogens with one attached hydrogen (secondary N) is 1. The number of benzene rings is 1. The summed E-state index contributed by atoms with van der Waals surface area (Å²) in [5.74, 6) is -0.407. The van der Waals surface area contributed by atoms with Crippen molar-refractivity contribution in [2.75, 3.05) is 11.9 Å². The van der Waals surface area contributed by atoms with Crippen LogP contribution in [0.15, 0.2) is 41.9 Å². The second-order valence-electron chi connectivity index (χ2n) is 6.63. The topological polar surface area (TPSA) is 86.1 Å². The minimum Gasteiger partial charge on any atom is -0.462 e. The number of nitrogens with zero attached hydrogens (tertiary/aromatic N) is 3. The van der Waals surface area contributed by atoms with E-state index in [4.69, 9.17) is 4.74 Å². The molecular formula is C20H20N4O3S. The number of hydrogen-bond donors (Lipinski definition) is 1. The van der Waals surface area contributed by atoms with E-state index in [2.05, 4.69) is 15.6 Å². The van der Waals surface area contributed by atoms with Crippen LogP contribution < -0.4 is 5.32 Å². The van der Waals surface area contributed by atoms with Crippen LogP contribution in [0.5, 0.6) is 0 Å². The van der Waals surface area contributed by atoms with Crippen molar-refractivity contribution >= 4 is 28.2 Å². The van der Waals surface area contributed by atoms with Crippen molar-refractivity contribution in [3.63, 3.8) is 0 Å². The molecule has 1 aliphatic carbocycles. The molecule has 1 aromatic carbocycles. The Hall–Kier alpha value is -3.00. The molecule has 3 aromatic rings. The highest BCUT2D eigenvalue weighted by atomic mass is 32.1. The Morgan fingerprint density at radius 3 is 2.79 bits per heavy atom. The predicted octanol–water partition coefficient (Wildman–Crippen LogP) is 3.69. The van der Waals surface area contributed by atoms with Crippen LogP contribution in [0.3, 0.4) is 0 Å². The summed E-state index contributed by atoms with van der Waals surface area (Å²) in [7, 11) is 0. The maximum atomic E-state index is 12.6. The number of esters is 1. The highest BCUT2D eigenvalue weighted by Crippen LogP contribution is 2.46. The summed E-state index contributed by atoms with van der Waals surface area (Å²) in [5.41, 5.74) is 2.70. The zero-order valence-corrected chi connectivity index (χ0v) is 16.2. The first-order valence-corrected chi connectivity index (χ1v) is 10.1. The van der Waals surface area contributed by atoms with Crippen molar-refractivity contribution in [2.45, 2.75) is 32.2 Å². The molecule has 2 aromatic heterocycles. The first kappa shape index (κ1) is 18.4. The van der Waals surface area contributed by atoms with Gasteiger partial charge in [-0.1, -0.05) is 35.5 Å². The summed E-state index contributed by atoms with van der Waals surface area (Å²) in [6, 6.07) is 9.81. The number of thiophene rings is 1. The molecule has 0 unspecified atom stereocenters. The monoisotopic (exact) mass is 396 g/mol. The highest BCUT2D eigenvalue weighted by Gasteiger charge is 2.32. The maximum Gasteiger partial charge on any atom is 0.341 e. The van der Waals surface area contributed by atoms with Gasteiger partial charge in [0.05, 0.1) is 24.9 Å². The number of rotatable bonds is 7. The molecule has 7 nitrogen and oxygen atoms in total. The Morgan fingerprint density at radius 2 is 2.07 bits per heavy atom. The van der Waals surface area contributed by atoms with E-state index in [1.54, 1.807) is 17.8 Å². The Balaban J connectivity index is 1.50. The molecule has 1 amide bonds. The molecule has 1 aliphatic rings. The maximum absolute atomic E-state index is 12.6. The van der Waals surface area contributed by atoms with Gasteiger partial charge in [0.1, 0.15) is 5.00 Å². The number of ether oxygens (including phenoxy) is 1. The number of aromatic nitrogens is 3. The van der Waals surface area contributed by atoms with Gasteiger partial charge >= 0.3 is 5.97 Å². The number of carbonyl (C=O) groups excluding carboxylic acids is 2. The molecular weight excluding hydrogens is 376 g/mol. The number of carbonyl (C=O) groups is 2. The zero-order chi connectivity index (χ0) is 19.5. The minimum atomic E-state index is -0.395. The normalized spacial score (nSPS) is 13.3. The van der Waals surface area contributed by atoms with Crippen LogP contribution in [0.25, 0.3) is 0 Å². The predicted molar refractivity (Wildman–Crippen MR) is 106 cm³/mol. The first-order valence-electron chi connectivity index (χ1n) is 9.19. The van der Waals surface area contributed by atoms with E-state index in [1.165, 1.54) is 11.3 Å². The standard InChI is InChI=1S/C20H20N4O3S/c1-2-27-20(26)17-15(14-8-9-14)12-28-19(17)21-18(25)16-11-24(23-22-16)10-13-6-4-3-5-7-13/h3-7,11-12,14H,2,8-10H2,1H3,(H,21,25). The highest BCUT2D eigenvalue weighted by molar-refractivity contribution is 7.15. The lowest BCUT2D eigenvalue weighted by molar-refractivity contribution is 0.0527. The van der Waals surface area contributed by atoms with E-state index in [1.807, 2.05) is 35.7 Å². The third kappa shape index (κ3) is 3.96. The van der Waals surface area contributed by atoms with Crippen LogP contribution in [0.4, 0.5) is 5.00 Å². The largest absolute Gasteiger partial charge is 0.462 e. The minimum absolute atomic E-state index is 0.201. The molecule has 144 valence electrons. The molecule has 0 saturated heterocycles. The van der Waals surface area contributed by atoms with Gasteiger partial charge in [0.15, 0.2) is 5.69 Å². The van der Waals surface area contributed by atoms with Gasteiger partial charge in [-0.15, -0.1) is 16.4 Å². The Kier molecular flexibility index (Phi) is 5.21. The lowest BCUT2D eigenvalue weighted by Crippen LogP contribution is -2.15. The van der Waals surface area contributed by atoms with Crippen LogP contribution in [0, 0.1) is 0 Å². The first-order chi connectivity index (χ1) is 13.7. The quantitative estimate of drug-likeness (QED) is 0.616. The molecule has 1 fully saturated rings. The van der Waals surface area contributed by atoms with E-state index in [9.17, 15) is 9.59 Å². The summed E-state index contributed by atoms with van der Waals surface area (Å²) in [6.45, 7) is 2.59. The Labute approximate surface area is 166 Å². The van der Waals surface area contributed by atoms with Crippen molar-refractivity contribution in [3.8, 4) is 0 Å². The van der Waals surface area contributed by atoms with Gasteiger partial charge in [0.25, 0.3) is 5.91 Å². The second kappa shape index (κ2) is 7.93. The van der Waals surface area contributed by atoms with Crippen LogP contribution >= 0.6 is 11.3 Å². The fourth-order valence-corrected chi connectivity index (χ4v) is 4.01. The lowest BCUT2D eigenvalue weighted by Gasteiger charge is -2.07. The van der Waals surface area contributed by atoms with Crippen LogP contribution in [0.2, 0.25) is 0 Å². The van der Waals surface area contributed by atoms with Crippen molar-refractivity contribution in [2.24, 2.45) is 0 Å². The van der Waals surface area contributed by atoms with Gasteiger partial charge in [-0.2, -0.15) is 0 Å². The molecule has 8 heteroatoms. The lowest BCUT2D eigenvalue weighted by atomic mass is 10.1. The average molecular weight is 396 g/mol. The van der Waals surface area contributed by atoms with Crippen LogP contribution in [-0.4, -0.2) is 33.5 Å². The van der Waals surface area contributed by atoms with Gasteiger partial charge in [0, 0.05) is 0 Å². The Bertz CT molecular complexity index is 992. The van der Waals surface area contributed by atoms with Crippen molar-refractivity contribution in [1.82, 2.24) is 15.0 Å². The summed E-state index contributed by atoms with van der Waals surface area (Å²) in [6.07, 6.45) is 3.72. The number of amides is 1. The molecule has 1 N–H and O–H groups in total. The van der Waals surface area contributed by atoms with E-state index in [-0.39, 0.29) is 5.69 Å². The van der Waals surface area contributed by atoms with Crippen LogP contribution in [0.1, 0.15) is 57.7 Å². The smallest absolute Gasteiger partial charge is 0.341 e. The number of hydrogen-bond acceptors (Lipinski definition) is 6. The third-order valence-corrected chi connectivity index (χ3v) is 5.42. The molecule has 0 bridgehead atoms. The van der Waals surface area contributed by atoms with E-state index in [0.717, 1.165) is 24.0 Å². The van der Waals surface area contributed by atoms with Crippen LogP contribution in [-0.2, 0) is 11.3 Å². The van der Waals surface area contributed by atoms with E-state index < -0.39 is 11.9 Å². The van der Waals surface area contributed by atoms with E-state index >= 15 is 0 Å². The fraction of sp³-hybridized carbons (Fsp3) is 0.300. The molecule has 0 atom stereocenters. The SMILES string of the molecule is CCOC(=O)c1c(C2CC2)csc1NC(=O)c1cn(Cc2ccccc2)nn1. The van der Waals surface area contributed by atoms with Gasteiger partial charge in [0.2, 0.25) is 0 Å². The van der Waals surface area contributed by atoms with Gasteiger partial charge in [-0.3, -0.25) is 4.79 Å². The molecule has 1 saturated carbocycles. The molecule has 0 radical (unpaired) electrons. The summed E-state index contributed by atoms with van der Waals surface area (Å²) >= 11 is 1.34. The van der Waals surface area contributed by atoms with E-state index in [0.29, 0.717) is 29.6 Å². The fourth-order valence-electron chi connectivity index (χ4n) is 2.99. The van der Waals surface area contributed by atoms with Gasteiger partial charge in [-0.25, -0.2) is 9.48 Å². The molecule has 0 spiro atoms. The Morgan fingerprint density at radius 1 is 1.29 bits per heavy atom. The molecule has 0 aliphatic heterocycles.